The first-order valence-corrected chi connectivity index (χ1v) is 6.55. The minimum absolute atomic E-state index is 0.0333. The SMILES string of the molecule is CCCCC(Oc1cc(Cl)ccc1[N+](=O)[O-])C(=O)OC. The minimum atomic E-state index is -0.878. The van der Waals surface area contributed by atoms with Gasteiger partial charge in [-0.05, 0) is 18.9 Å². The molecule has 0 aliphatic rings. The average molecular weight is 302 g/mol. The fourth-order valence-corrected chi connectivity index (χ4v) is 1.79. The van der Waals surface area contributed by atoms with Gasteiger partial charge < -0.3 is 9.47 Å². The highest BCUT2D eigenvalue weighted by atomic mass is 35.5. The Kier molecular flexibility index (Phi) is 6.24. The van der Waals surface area contributed by atoms with Crippen molar-refractivity contribution in [2.24, 2.45) is 0 Å². The van der Waals surface area contributed by atoms with E-state index in [4.69, 9.17) is 16.3 Å². The van der Waals surface area contributed by atoms with E-state index < -0.39 is 17.0 Å². The number of carbonyl (C=O) groups excluding carboxylic acids is 1. The molecule has 0 radical (unpaired) electrons. The molecule has 0 aromatic heterocycles. The second-order valence-electron chi connectivity index (χ2n) is 4.14. The summed E-state index contributed by atoms with van der Waals surface area (Å²) in [4.78, 5) is 22.0. The summed E-state index contributed by atoms with van der Waals surface area (Å²) in [5.74, 6) is -0.596. The van der Waals surface area contributed by atoms with E-state index in [1.165, 1.54) is 25.3 Å². The molecule has 6 nitrogen and oxygen atoms in total. The summed E-state index contributed by atoms with van der Waals surface area (Å²) >= 11 is 5.80. The number of nitro benzene ring substituents is 1. The quantitative estimate of drug-likeness (QED) is 0.438. The summed E-state index contributed by atoms with van der Waals surface area (Å²) in [7, 11) is 1.25. The van der Waals surface area contributed by atoms with E-state index in [1.807, 2.05) is 6.92 Å². The summed E-state index contributed by atoms with van der Waals surface area (Å²) in [5, 5.41) is 11.2. The van der Waals surface area contributed by atoms with Crippen LogP contribution in [0.1, 0.15) is 26.2 Å². The number of nitro groups is 1. The number of carbonyl (C=O) groups is 1. The van der Waals surface area contributed by atoms with Crippen molar-refractivity contribution in [3.05, 3.63) is 33.3 Å². The minimum Gasteiger partial charge on any atom is -0.471 e. The van der Waals surface area contributed by atoms with Crippen LogP contribution in [0.25, 0.3) is 0 Å². The number of rotatable bonds is 7. The zero-order valence-electron chi connectivity index (χ0n) is 11.3. The van der Waals surface area contributed by atoms with Gasteiger partial charge in [-0.3, -0.25) is 10.1 Å². The van der Waals surface area contributed by atoms with Crippen molar-refractivity contribution in [3.8, 4) is 5.75 Å². The van der Waals surface area contributed by atoms with Crippen molar-refractivity contribution < 1.29 is 19.2 Å². The Morgan fingerprint density at radius 3 is 2.75 bits per heavy atom. The van der Waals surface area contributed by atoms with E-state index in [1.54, 1.807) is 0 Å². The lowest BCUT2D eigenvalue weighted by atomic mass is 10.1. The smallest absolute Gasteiger partial charge is 0.347 e. The van der Waals surface area contributed by atoms with E-state index in [9.17, 15) is 14.9 Å². The number of benzene rings is 1. The Morgan fingerprint density at radius 2 is 2.20 bits per heavy atom. The molecule has 1 atom stereocenters. The first-order chi connectivity index (χ1) is 9.49. The summed E-state index contributed by atoms with van der Waals surface area (Å²) in [5.41, 5.74) is -0.236. The topological polar surface area (TPSA) is 78.7 Å². The highest BCUT2D eigenvalue weighted by Crippen LogP contribution is 2.31. The van der Waals surface area contributed by atoms with Crippen LogP contribution in [-0.2, 0) is 9.53 Å². The Bertz CT molecular complexity index is 492. The Balaban J connectivity index is 3.00. The summed E-state index contributed by atoms with van der Waals surface area (Å²) < 4.78 is 10.1. The lowest BCUT2D eigenvalue weighted by Crippen LogP contribution is -2.28. The van der Waals surface area contributed by atoms with Crippen molar-refractivity contribution in [1.82, 2.24) is 0 Å². The molecule has 7 heteroatoms. The van der Waals surface area contributed by atoms with Crippen LogP contribution < -0.4 is 4.74 Å². The fourth-order valence-electron chi connectivity index (χ4n) is 1.63. The number of unbranched alkanes of at least 4 members (excludes halogenated alkanes) is 1. The van der Waals surface area contributed by atoms with E-state index in [-0.39, 0.29) is 11.4 Å². The molecule has 0 saturated carbocycles. The van der Waals surface area contributed by atoms with Gasteiger partial charge in [-0.2, -0.15) is 0 Å². The predicted molar refractivity (Wildman–Crippen MR) is 74.1 cm³/mol. The van der Waals surface area contributed by atoms with Gasteiger partial charge in [-0.15, -0.1) is 0 Å². The Morgan fingerprint density at radius 1 is 1.50 bits per heavy atom. The van der Waals surface area contributed by atoms with Gasteiger partial charge in [0.2, 0.25) is 0 Å². The average Bonchev–Trinajstić information content (AvgIpc) is 2.42. The molecule has 0 bridgehead atoms. The molecule has 0 N–H and O–H groups in total. The summed E-state index contributed by atoms with van der Waals surface area (Å²) in [6.07, 6.45) is 1.16. The third-order valence-corrected chi connectivity index (χ3v) is 2.91. The molecule has 0 saturated heterocycles. The molecule has 110 valence electrons. The highest BCUT2D eigenvalue weighted by molar-refractivity contribution is 6.30. The largest absolute Gasteiger partial charge is 0.471 e. The predicted octanol–water partition coefficient (Wildman–Crippen LogP) is 3.36. The van der Waals surface area contributed by atoms with Crippen molar-refractivity contribution in [1.29, 1.82) is 0 Å². The summed E-state index contributed by atoms with van der Waals surface area (Å²) in [6.45, 7) is 1.97. The zero-order valence-corrected chi connectivity index (χ0v) is 12.1. The van der Waals surface area contributed by atoms with Gasteiger partial charge in [0, 0.05) is 17.2 Å². The number of nitrogens with zero attached hydrogens (tertiary/aromatic N) is 1. The molecule has 20 heavy (non-hydrogen) atoms. The molecule has 0 aliphatic heterocycles. The molecule has 0 aliphatic carbocycles. The van der Waals surface area contributed by atoms with Gasteiger partial charge in [0.05, 0.1) is 12.0 Å². The Hall–Kier alpha value is -1.82. The van der Waals surface area contributed by atoms with Crippen LogP contribution in [0.5, 0.6) is 5.75 Å². The van der Waals surface area contributed by atoms with Crippen molar-refractivity contribution in [2.45, 2.75) is 32.3 Å². The molecule has 0 amide bonds. The molecule has 1 aromatic carbocycles. The van der Waals surface area contributed by atoms with E-state index in [0.29, 0.717) is 11.4 Å². The molecule has 0 fully saturated rings. The Labute approximate surface area is 121 Å². The first-order valence-electron chi connectivity index (χ1n) is 6.18. The van der Waals surface area contributed by atoms with Crippen LogP contribution in [0.4, 0.5) is 5.69 Å². The number of esters is 1. The molecular formula is C13H16ClNO5. The second-order valence-corrected chi connectivity index (χ2v) is 4.58. The van der Waals surface area contributed by atoms with Crippen LogP contribution >= 0.6 is 11.6 Å². The molecule has 1 rings (SSSR count). The number of methoxy groups -OCH3 is 1. The van der Waals surface area contributed by atoms with Crippen molar-refractivity contribution >= 4 is 23.3 Å². The molecule has 0 spiro atoms. The van der Waals surface area contributed by atoms with Crippen molar-refractivity contribution in [2.75, 3.05) is 7.11 Å². The van der Waals surface area contributed by atoms with Gasteiger partial charge in [0.25, 0.3) is 0 Å². The van der Waals surface area contributed by atoms with Crippen molar-refractivity contribution in [3.63, 3.8) is 0 Å². The lowest BCUT2D eigenvalue weighted by molar-refractivity contribution is -0.386. The summed E-state index contributed by atoms with van der Waals surface area (Å²) in [6, 6.07) is 3.96. The van der Waals surface area contributed by atoms with Crippen LogP contribution in [-0.4, -0.2) is 24.1 Å². The maximum Gasteiger partial charge on any atom is 0.347 e. The first kappa shape index (κ1) is 16.2. The number of hydrogen-bond acceptors (Lipinski definition) is 5. The molecule has 1 unspecified atom stereocenters. The number of halogens is 1. The standard InChI is InChI=1S/C13H16ClNO5/c1-3-4-5-11(13(16)19-2)20-12-8-9(14)6-7-10(12)15(17)18/h6-8,11H,3-5H2,1-2H3. The van der Waals surface area contributed by atoms with Gasteiger partial charge in [0.15, 0.2) is 11.9 Å². The molecule has 1 aromatic rings. The number of hydrogen-bond donors (Lipinski definition) is 0. The van der Waals surface area contributed by atoms with Gasteiger partial charge in [-0.25, -0.2) is 4.79 Å². The van der Waals surface area contributed by atoms with Crippen LogP contribution in [0.15, 0.2) is 18.2 Å². The number of ether oxygens (including phenoxy) is 2. The fraction of sp³-hybridized carbons (Fsp3) is 0.462. The normalized spacial score (nSPS) is 11.8. The zero-order chi connectivity index (χ0) is 15.1. The van der Waals surface area contributed by atoms with Gasteiger partial charge in [-0.1, -0.05) is 24.9 Å². The van der Waals surface area contributed by atoms with Crippen LogP contribution in [0, 0.1) is 10.1 Å². The van der Waals surface area contributed by atoms with Gasteiger partial charge >= 0.3 is 11.7 Å². The van der Waals surface area contributed by atoms with Crippen LogP contribution in [0.2, 0.25) is 5.02 Å². The van der Waals surface area contributed by atoms with E-state index >= 15 is 0 Å². The molecular weight excluding hydrogens is 286 g/mol. The van der Waals surface area contributed by atoms with Gasteiger partial charge in [0.1, 0.15) is 0 Å². The third-order valence-electron chi connectivity index (χ3n) is 2.67. The monoisotopic (exact) mass is 301 g/mol. The van der Waals surface area contributed by atoms with E-state index in [0.717, 1.165) is 12.8 Å². The van der Waals surface area contributed by atoms with Crippen LogP contribution in [0.3, 0.4) is 0 Å². The van der Waals surface area contributed by atoms with E-state index in [2.05, 4.69) is 4.74 Å². The third kappa shape index (κ3) is 4.38. The maximum atomic E-state index is 11.6. The maximum absolute atomic E-state index is 11.6. The highest BCUT2D eigenvalue weighted by Gasteiger charge is 2.25. The molecule has 0 heterocycles. The second kappa shape index (κ2) is 7.69. The lowest BCUT2D eigenvalue weighted by Gasteiger charge is -2.16.